The highest BCUT2D eigenvalue weighted by Gasteiger charge is 2.36. The molecule has 1 atom stereocenters. The maximum Gasteiger partial charge on any atom is 0.354 e. The summed E-state index contributed by atoms with van der Waals surface area (Å²) >= 11 is 0. The molecule has 1 aliphatic rings. The lowest BCUT2D eigenvalue weighted by molar-refractivity contribution is 0.0690. The number of aromatic carboxylic acids is 1. The number of carbonyl (C=O) groups excluding carboxylic acids is 1. The molecule has 1 amide bonds. The topological polar surface area (TPSA) is 70.5 Å². The SMILES string of the molecule is CC1(CCc2ccccc2)CCN(C(=O)c2cccc(C(=O)O)n2)C1. The first-order valence-corrected chi connectivity index (χ1v) is 8.50. The van der Waals surface area contributed by atoms with Gasteiger partial charge in [0.05, 0.1) is 0 Å². The molecule has 1 fully saturated rings. The third kappa shape index (κ3) is 4.05. The summed E-state index contributed by atoms with van der Waals surface area (Å²) < 4.78 is 0. The van der Waals surface area contributed by atoms with Crippen LogP contribution in [0.1, 0.15) is 46.3 Å². The van der Waals surface area contributed by atoms with Crippen molar-refractivity contribution in [2.75, 3.05) is 13.1 Å². The second-order valence-electron chi connectivity index (χ2n) is 6.99. The predicted octanol–water partition coefficient (Wildman–Crippen LogP) is 3.26. The van der Waals surface area contributed by atoms with Gasteiger partial charge in [-0.15, -0.1) is 0 Å². The Bertz CT molecular complexity index is 776. The lowest BCUT2D eigenvalue weighted by Crippen LogP contribution is -2.32. The van der Waals surface area contributed by atoms with Gasteiger partial charge in [-0.2, -0.15) is 0 Å². The molecule has 5 nitrogen and oxygen atoms in total. The Labute approximate surface area is 147 Å². The summed E-state index contributed by atoms with van der Waals surface area (Å²) in [6.07, 6.45) is 2.96. The molecule has 25 heavy (non-hydrogen) atoms. The van der Waals surface area contributed by atoms with Gasteiger partial charge in [0.1, 0.15) is 11.4 Å². The second-order valence-corrected chi connectivity index (χ2v) is 6.99. The molecule has 1 saturated heterocycles. The van der Waals surface area contributed by atoms with Crippen molar-refractivity contribution >= 4 is 11.9 Å². The van der Waals surface area contributed by atoms with E-state index in [0.717, 1.165) is 19.3 Å². The van der Waals surface area contributed by atoms with Crippen molar-refractivity contribution in [2.45, 2.75) is 26.2 Å². The number of pyridine rings is 1. The number of likely N-dealkylation sites (tertiary alicyclic amines) is 1. The fourth-order valence-electron chi connectivity index (χ4n) is 3.33. The number of nitrogens with zero attached hydrogens (tertiary/aromatic N) is 2. The summed E-state index contributed by atoms with van der Waals surface area (Å²) in [6.45, 7) is 3.57. The van der Waals surface area contributed by atoms with Crippen molar-refractivity contribution in [3.05, 3.63) is 65.5 Å². The monoisotopic (exact) mass is 338 g/mol. The zero-order valence-corrected chi connectivity index (χ0v) is 14.3. The molecular formula is C20H22N2O3. The highest BCUT2D eigenvalue weighted by molar-refractivity contribution is 5.94. The van der Waals surface area contributed by atoms with Gasteiger partial charge in [-0.1, -0.05) is 43.3 Å². The van der Waals surface area contributed by atoms with Gasteiger partial charge in [0, 0.05) is 13.1 Å². The molecular weight excluding hydrogens is 316 g/mol. The van der Waals surface area contributed by atoms with Crippen LogP contribution < -0.4 is 0 Å². The average molecular weight is 338 g/mol. The summed E-state index contributed by atoms with van der Waals surface area (Å²) in [5, 5.41) is 9.03. The lowest BCUT2D eigenvalue weighted by atomic mass is 9.83. The van der Waals surface area contributed by atoms with E-state index in [-0.39, 0.29) is 22.7 Å². The molecule has 0 bridgehead atoms. The summed E-state index contributed by atoms with van der Waals surface area (Å²) in [7, 11) is 0. The van der Waals surface area contributed by atoms with Gasteiger partial charge in [0.15, 0.2) is 0 Å². The van der Waals surface area contributed by atoms with Crippen LogP contribution in [-0.2, 0) is 6.42 Å². The van der Waals surface area contributed by atoms with Crippen LogP contribution >= 0.6 is 0 Å². The number of benzene rings is 1. The minimum atomic E-state index is -1.12. The number of hydrogen-bond donors (Lipinski definition) is 1. The van der Waals surface area contributed by atoms with Crippen molar-refractivity contribution in [1.29, 1.82) is 0 Å². The number of carboxylic acids is 1. The van der Waals surface area contributed by atoms with Gasteiger partial charge in [-0.3, -0.25) is 4.79 Å². The smallest absolute Gasteiger partial charge is 0.354 e. The largest absolute Gasteiger partial charge is 0.477 e. The van der Waals surface area contributed by atoms with Crippen molar-refractivity contribution in [3.63, 3.8) is 0 Å². The van der Waals surface area contributed by atoms with Gasteiger partial charge in [-0.05, 0) is 42.4 Å². The van der Waals surface area contributed by atoms with Crippen LogP contribution in [0, 0.1) is 5.41 Å². The molecule has 5 heteroatoms. The molecule has 1 aromatic carbocycles. The lowest BCUT2D eigenvalue weighted by Gasteiger charge is -2.24. The first kappa shape index (κ1) is 17.1. The average Bonchev–Trinajstić information content (AvgIpc) is 3.03. The van der Waals surface area contributed by atoms with Gasteiger partial charge < -0.3 is 10.0 Å². The summed E-state index contributed by atoms with van der Waals surface area (Å²) in [6, 6.07) is 14.9. The van der Waals surface area contributed by atoms with E-state index in [2.05, 4.69) is 24.0 Å². The number of carbonyl (C=O) groups is 2. The second kappa shape index (κ2) is 7.05. The van der Waals surface area contributed by atoms with Crippen LogP contribution in [0.3, 0.4) is 0 Å². The van der Waals surface area contributed by atoms with E-state index in [1.807, 2.05) is 18.2 Å². The zero-order chi connectivity index (χ0) is 17.9. The van der Waals surface area contributed by atoms with Crippen LogP contribution in [0.5, 0.6) is 0 Å². The van der Waals surface area contributed by atoms with E-state index in [9.17, 15) is 9.59 Å². The summed E-state index contributed by atoms with van der Waals surface area (Å²) in [5.41, 5.74) is 1.49. The number of aryl methyl sites for hydroxylation is 1. The van der Waals surface area contributed by atoms with Crippen LogP contribution in [0.2, 0.25) is 0 Å². The third-order valence-corrected chi connectivity index (χ3v) is 4.89. The highest BCUT2D eigenvalue weighted by atomic mass is 16.4. The molecule has 1 N–H and O–H groups in total. The predicted molar refractivity (Wildman–Crippen MR) is 94.6 cm³/mol. The van der Waals surface area contributed by atoms with Gasteiger partial charge in [0.25, 0.3) is 5.91 Å². The molecule has 2 heterocycles. The van der Waals surface area contributed by atoms with Crippen molar-refractivity contribution < 1.29 is 14.7 Å². The van der Waals surface area contributed by atoms with Crippen molar-refractivity contribution in [1.82, 2.24) is 9.88 Å². The van der Waals surface area contributed by atoms with Crippen LogP contribution in [0.4, 0.5) is 0 Å². The van der Waals surface area contributed by atoms with E-state index >= 15 is 0 Å². The molecule has 0 aliphatic carbocycles. The molecule has 0 radical (unpaired) electrons. The Hall–Kier alpha value is -2.69. The Balaban J connectivity index is 1.64. The highest BCUT2D eigenvalue weighted by Crippen LogP contribution is 2.35. The van der Waals surface area contributed by atoms with Gasteiger partial charge >= 0.3 is 5.97 Å². The third-order valence-electron chi connectivity index (χ3n) is 4.89. The van der Waals surface area contributed by atoms with Gasteiger partial charge in [0.2, 0.25) is 0 Å². The molecule has 1 aromatic heterocycles. The maximum atomic E-state index is 12.7. The van der Waals surface area contributed by atoms with Gasteiger partial charge in [-0.25, -0.2) is 9.78 Å². The minimum absolute atomic E-state index is 0.0793. The number of amides is 1. The van der Waals surface area contributed by atoms with Crippen molar-refractivity contribution in [3.8, 4) is 0 Å². The first-order chi connectivity index (χ1) is 12.0. The number of hydrogen-bond acceptors (Lipinski definition) is 3. The number of carboxylic acid groups (broad SMARTS) is 1. The maximum absolute atomic E-state index is 12.7. The molecule has 0 saturated carbocycles. The first-order valence-electron chi connectivity index (χ1n) is 8.50. The molecule has 3 rings (SSSR count). The van der Waals surface area contributed by atoms with E-state index in [0.29, 0.717) is 13.1 Å². The quantitative estimate of drug-likeness (QED) is 0.908. The number of rotatable bonds is 5. The van der Waals surface area contributed by atoms with E-state index < -0.39 is 5.97 Å². The molecule has 1 unspecified atom stereocenters. The molecule has 1 aliphatic heterocycles. The summed E-state index contributed by atoms with van der Waals surface area (Å²) in [5.74, 6) is -1.31. The molecule has 2 aromatic rings. The fourth-order valence-corrected chi connectivity index (χ4v) is 3.33. The Morgan fingerprint density at radius 2 is 1.84 bits per heavy atom. The van der Waals surface area contributed by atoms with E-state index in [1.54, 1.807) is 17.0 Å². The van der Waals surface area contributed by atoms with E-state index in [4.69, 9.17) is 5.11 Å². The van der Waals surface area contributed by atoms with Crippen LogP contribution in [0.15, 0.2) is 48.5 Å². The fraction of sp³-hybridized carbons (Fsp3) is 0.350. The van der Waals surface area contributed by atoms with E-state index in [1.165, 1.54) is 11.6 Å². The van der Waals surface area contributed by atoms with Crippen LogP contribution in [0.25, 0.3) is 0 Å². The molecule has 130 valence electrons. The Morgan fingerprint density at radius 1 is 1.12 bits per heavy atom. The summed E-state index contributed by atoms with van der Waals surface area (Å²) in [4.78, 5) is 29.4. The number of aromatic nitrogens is 1. The molecule has 0 spiro atoms. The normalized spacial score (nSPS) is 19.8. The Morgan fingerprint density at radius 3 is 2.56 bits per heavy atom. The van der Waals surface area contributed by atoms with Crippen molar-refractivity contribution in [2.24, 2.45) is 5.41 Å². The Kier molecular flexibility index (Phi) is 4.83. The zero-order valence-electron chi connectivity index (χ0n) is 14.3. The minimum Gasteiger partial charge on any atom is -0.477 e. The standard InChI is InChI=1S/C20H22N2O3/c1-20(11-10-15-6-3-2-4-7-15)12-13-22(14-20)18(23)16-8-5-9-17(21-16)19(24)25/h2-9H,10-14H2,1H3,(H,24,25). The van der Waals surface area contributed by atoms with Crippen LogP contribution in [-0.4, -0.2) is 40.0 Å².